The average molecular weight is 274 g/mol. The Labute approximate surface area is 116 Å². The van der Waals surface area contributed by atoms with Crippen LogP contribution in [0.15, 0.2) is 0 Å². The highest BCUT2D eigenvalue weighted by molar-refractivity contribution is 5.75. The maximum absolute atomic E-state index is 10.6. The van der Waals surface area contributed by atoms with Gasteiger partial charge in [-0.3, -0.25) is 4.79 Å². The Morgan fingerprint density at radius 3 is 1.53 bits per heavy atom. The fourth-order valence-corrected chi connectivity index (χ4v) is 1.89. The van der Waals surface area contributed by atoms with Crippen molar-refractivity contribution in [3.63, 3.8) is 0 Å². The lowest BCUT2D eigenvalue weighted by atomic mass is 9.80. The van der Waals surface area contributed by atoms with E-state index in [1.165, 1.54) is 40.0 Å². The zero-order valence-electron chi connectivity index (χ0n) is 13.1. The van der Waals surface area contributed by atoms with Crippen LogP contribution >= 0.6 is 0 Å². The summed E-state index contributed by atoms with van der Waals surface area (Å²) < 4.78 is 0. The number of aliphatic hydroxyl groups excluding tert-OH is 2. The first-order valence-electron chi connectivity index (χ1n) is 7.00. The summed E-state index contributed by atoms with van der Waals surface area (Å²) in [4.78, 5) is 10.6. The third kappa shape index (κ3) is 6.39. The summed E-state index contributed by atoms with van der Waals surface area (Å²) in [5.41, 5.74) is -0.888. The standard InChI is InChI=1S/C8H16.C7H14O4/c1-8(2,3)6-7-4-5-7;1-4(8)7(3,5(2)9)6(10)11/h7H,4-6H2,1-3H3;4-5,8-9H,1-3H3,(H,10,11). The molecule has 0 aromatic rings. The van der Waals surface area contributed by atoms with E-state index in [1.807, 2.05) is 0 Å². The molecule has 0 aliphatic heterocycles. The van der Waals surface area contributed by atoms with Crippen LogP contribution in [-0.2, 0) is 4.79 Å². The molecule has 4 heteroatoms. The second-order valence-corrected chi connectivity index (χ2v) is 7.15. The quantitative estimate of drug-likeness (QED) is 0.736. The lowest BCUT2D eigenvalue weighted by Gasteiger charge is -2.30. The smallest absolute Gasteiger partial charge is 0.314 e. The van der Waals surface area contributed by atoms with Gasteiger partial charge in [-0.05, 0) is 38.5 Å². The lowest BCUT2D eigenvalue weighted by molar-refractivity contribution is -0.163. The van der Waals surface area contributed by atoms with Crippen LogP contribution in [0, 0.1) is 16.7 Å². The molecule has 2 unspecified atom stereocenters. The minimum atomic E-state index is -1.47. The van der Waals surface area contributed by atoms with Crippen molar-refractivity contribution in [3.05, 3.63) is 0 Å². The van der Waals surface area contributed by atoms with Gasteiger partial charge in [0, 0.05) is 0 Å². The SMILES string of the molecule is CC(C)(C)CC1CC1.CC(O)C(C)(C(=O)O)C(C)O. The van der Waals surface area contributed by atoms with Crippen molar-refractivity contribution < 1.29 is 20.1 Å². The van der Waals surface area contributed by atoms with Gasteiger partial charge in [-0.2, -0.15) is 0 Å². The van der Waals surface area contributed by atoms with Crippen LogP contribution in [0.4, 0.5) is 0 Å². The van der Waals surface area contributed by atoms with Gasteiger partial charge in [-0.15, -0.1) is 0 Å². The Kier molecular flexibility index (Phi) is 6.49. The van der Waals surface area contributed by atoms with Crippen LogP contribution in [0.3, 0.4) is 0 Å². The fraction of sp³-hybridized carbons (Fsp3) is 0.933. The van der Waals surface area contributed by atoms with Gasteiger partial charge in [-0.1, -0.05) is 33.6 Å². The topological polar surface area (TPSA) is 77.8 Å². The lowest BCUT2D eigenvalue weighted by Crippen LogP contribution is -2.46. The molecule has 1 saturated carbocycles. The first-order valence-corrected chi connectivity index (χ1v) is 7.00. The molecule has 19 heavy (non-hydrogen) atoms. The van der Waals surface area contributed by atoms with Gasteiger partial charge in [0.2, 0.25) is 0 Å². The number of hydrogen-bond donors (Lipinski definition) is 3. The van der Waals surface area contributed by atoms with Crippen LogP contribution in [-0.4, -0.2) is 33.5 Å². The Hall–Kier alpha value is -0.610. The molecule has 1 aliphatic rings. The number of aliphatic hydroxyl groups is 2. The van der Waals surface area contributed by atoms with E-state index in [4.69, 9.17) is 15.3 Å². The van der Waals surface area contributed by atoms with Crippen LogP contribution in [0.25, 0.3) is 0 Å². The zero-order valence-corrected chi connectivity index (χ0v) is 13.1. The second-order valence-electron chi connectivity index (χ2n) is 7.15. The molecule has 0 amide bonds. The first kappa shape index (κ1) is 18.4. The Morgan fingerprint density at radius 1 is 1.11 bits per heavy atom. The molecule has 0 radical (unpaired) electrons. The molecular formula is C15H30O4. The van der Waals surface area contributed by atoms with Gasteiger partial charge < -0.3 is 15.3 Å². The van der Waals surface area contributed by atoms with Crippen LogP contribution in [0.2, 0.25) is 0 Å². The van der Waals surface area contributed by atoms with Gasteiger partial charge >= 0.3 is 5.97 Å². The highest BCUT2D eigenvalue weighted by atomic mass is 16.4. The number of carbonyl (C=O) groups is 1. The summed E-state index contributed by atoms with van der Waals surface area (Å²) >= 11 is 0. The minimum Gasteiger partial charge on any atom is -0.481 e. The largest absolute Gasteiger partial charge is 0.481 e. The molecule has 1 rings (SSSR count). The fourth-order valence-electron chi connectivity index (χ4n) is 1.89. The molecule has 1 aliphatic carbocycles. The molecule has 2 atom stereocenters. The Morgan fingerprint density at radius 2 is 1.47 bits per heavy atom. The predicted molar refractivity (Wildman–Crippen MR) is 75.9 cm³/mol. The van der Waals surface area contributed by atoms with E-state index < -0.39 is 23.6 Å². The third-order valence-corrected chi connectivity index (χ3v) is 3.79. The molecule has 3 N–H and O–H groups in total. The number of aliphatic carboxylic acids is 1. The number of carboxylic acid groups (broad SMARTS) is 1. The number of hydrogen-bond acceptors (Lipinski definition) is 3. The highest BCUT2D eigenvalue weighted by Crippen LogP contribution is 2.39. The molecule has 0 aromatic carbocycles. The van der Waals surface area contributed by atoms with E-state index in [-0.39, 0.29) is 0 Å². The number of carboxylic acids is 1. The van der Waals surface area contributed by atoms with Gasteiger partial charge in [0.15, 0.2) is 0 Å². The Balaban J connectivity index is 0.000000356. The van der Waals surface area contributed by atoms with Crippen LogP contribution in [0.5, 0.6) is 0 Å². The van der Waals surface area contributed by atoms with Gasteiger partial charge in [-0.25, -0.2) is 0 Å². The summed E-state index contributed by atoms with van der Waals surface area (Å²) in [6.07, 6.45) is 2.29. The average Bonchev–Trinajstić information content (AvgIpc) is 2.97. The monoisotopic (exact) mass is 274 g/mol. The number of rotatable bonds is 4. The van der Waals surface area contributed by atoms with Crippen LogP contribution < -0.4 is 0 Å². The van der Waals surface area contributed by atoms with E-state index in [2.05, 4.69) is 20.8 Å². The molecular weight excluding hydrogens is 244 g/mol. The van der Waals surface area contributed by atoms with E-state index >= 15 is 0 Å². The molecule has 0 spiro atoms. The van der Waals surface area contributed by atoms with Crippen molar-refractivity contribution in [1.29, 1.82) is 0 Å². The van der Waals surface area contributed by atoms with Crippen molar-refractivity contribution in [2.45, 2.75) is 73.0 Å². The molecule has 114 valence electrons. The maximum Gasteiger partial charge on any atom is 0.314 e. The summed E-state index contributed by atoms with van der Waals surface area (Å²) in [6, 6.07) is 0. The van der Waals surface area contributed by atoms with E-state index in [0.717, 1.165) is 5.92 Å². The predicted octanol–water partition coefficient (Wildman–Crippen LogP) is 2.67. The molecule has 0 bridgehead atoms. The van der Waals surface area contributed by atoms with Crippen molar-refractivity contribution in [1.82, 2.24) is 0 Å². The van der Waals surface area contributed by atoms with Gasteiger partial charge in [0.05, 0.1) is 12.2 Å². The summed E-state index contributed by atoms with van der Waals surface area (Å²) in [6.45, 7) is 11.0. The zero-order chi connectivity index (χ0) is 15.4. The van der Waals surface area contributed by atoms with Gasteiger partial charge in [0.1, 0.15) is 5.41 Å². The molecule has 0 aromatic heterocycles. The Bertz CT molecular complexity index is 277. The summed E-state index contributed by atoms with van der Waals surface area (Å²) in [7, 11) is 0. The van der Waals surface area contributed by atoms with Gasteiger partial charge in [0.25, 0.3) is 0 Å². The van der Waals surface area contributed by atoms with Crippen molar-refractivity contribution in [2.24, 2.45) is 16.7 Å². The second kappa shape index (κ2) is 6.71. The van der Waals surface area contributed by atoms with Crippen molar-refractivity contribution in [3.8, 4) is 0 Å². The summed E-state index contributed by atoms with van der Waals surface area (Å²) in [5.74, 6) is -0.0995. The highest BCUT2D eigenvalue weighted by Gasteiger charge is 2.42. The molecule has 0 saturated heterocycles. The van der Waals surface area contributed by atoms with Crippen LogP contribution in [0.1, 0.15) is 60.8 Å². The van der Waals surface area contributed by atoms with E-state index in [9.17, 15) is 4.79 Å². The third-order valence-electron chi connectivity index (χ3n) is 3.79. The minimum absolute atomic E-state index is 0.584. The van der Waals surface area contributed by atoms with Crippen molar-refractivity contribution in [2.75, 3.05) is 0 Å². The van der Waals surface area contributed by atoms with E-state index in [1.54, 1.807) is 0 Å². The maximum atomic E-state index is 10.6. The van der Waals surface area contributed by atoms with E-state index in [0.29, 0.717) is 5.41 Å². The molecule has 4 nitrogen and oxygen atoms in total. The molecule has 1 fully saturated rings. The molecule has 0 heterocycles. The normalized spacial score (nSPS) is 21.7. The van der Waals surface area contributed by atoms with Crippen molar-refractivity contribution >= 4 is 5.97 Å². The summed E-state index contributed by atoms with van der Waals surface area (Å²) in [5, 5.41) is 26.8. The first-order chi connectivity index (χ1) is 8.41.